The second-order valence-electron chi connectivity index (χ2n) is 4.51. The number of hydrogen-bond donors (Lipinski definition) is 2. The zero-order chi connectivity index (χ0) is 15.5. The van der Waals surface area contributed by atoms with Crippen LogP contribution in [0, 0.1) is 17.7 Å². The van der Waals surface area contributed by atoms with E-state index in [-0.39, 0.29) is 12.1 Å². The first-order valence-corrected chi connectivity index (χ1v) is 6.94. The summed E-state index contributed by atoms with van der Waals surface area (Å²) in [5, 5.41) is 2.70. The quantitative estimate of drug-likeness (QED) is 0.593. The number of nitrogens with two attached hydrogens (primary N) is 1. The van der Waals surface area contributed by atoms with Crippen molar-refractivity contribution in [1.82, 2.24) is 5.32 Å². The smallest absolute Gasteiger partial charge is 0.254 e. The van der Waals surface area contributed by atoms with Crippen LogP contribution in [-0.4, -0.2) is 32.7 Å². The summed E-state index contributed by atoms with van der Waals surface area (Å²) in [6, 6.07) is 4.30. The Kier molecular flexibility index (Phi) is 8.10. The molecule has 0 unspecified atom stereocenters. The molecule has 21 heavy (non-hydrogen) atoms. The molecule has 1 rings (SSSR count). The van der Waals surface area contributed by atoms with Gasteiger partial charge < -0.3 is 15.8 Å². The average Bonchev–Trinajstić information content (AvgIpc) is 2.48. The van der Waals surface area contributed by atoms with Gasteiger partial charge in [0.25, 0.3) is 5.91 Å². The van der Waals surface area contributed by atoms with Crippen LogP contribution in [0.5, 0.6) is 0 Å². The first kappa shape index (κ1) is 17.2. The minimum absolute atomic E-state index is 0.0326. The Labute approximate surface area is 124 Å². The number of carbonyl (C=O) groups is 1. The Hall–Kier alpha value is -1.90. The van der Waals surface area contributed by atoms with E-state index in [9.17, 15) is 9.18 Å². The summed E-state index contributed by atoms with van der Waals surface area (Å²) in [6.07, 6.45) is 2.76. The summed E-state index contributed by atoms with van der Waals surface area (Å²) in [5.41, 5.74) is 5.79. The second-order valence-corrected chi connectivity index (χ2v) is 4.51. The van der Waals surface area contributed by atoms with E-state index >= 15 is 0 Å². The van der Waals surface area contributed by atoms with Crippen LogP contribution in [0.15, 0.2) is 18.2 Å². The maximum atomic E-state index is 13.8. The molecule has 1 aromatic carbocycles. The van der Waals surface area contributed by atoms with E-state index in [0.29, 0.717) is 18.7 Å². The molecular weight excluding hydrogens is 271 g/mol. The topological polar surface area (TPSA) is 64.3 Å². The highest BCUT2D eigenvalue weighted by Gasteiger charge is 2.11. The standard InChI is InChI=1S/C16H21FN2O2/c1-21-11-4-2-3-10-19-16(20)14-8-7-13(6-5-9-18)12-15(14)17/h7-8,12H,2-4,9-11,18H2,1H3,(H,19,20). The van der Waals surface area contributed by atoms with Gasteiger partial charge in [-0.3, -0.25) is 4.79 Å². The first-order valence-electron chi connectivity index (χ1n) is 6.94. The van der Waals surface area contributed by atoms with Gasteiger partial charge in [-0.2, -0.15) is 0 Å². The van der Waals surface area contributed by atoms with E-state index in [4.69, 9.17) is 10.5 Å². The number of benzene rings is 1. The summed E-state index contributed by atoms with van der Waals surface area (Å²) in [5.74, 6) is 4.39. The predicted octanol–water partition coefficient (Wildman–Crippen LogP) is 1.68. The minimum atomic E-state index is -0.573. The molecule has 0 atom stereocenters. The van der Waals surface area contributed by atoms with Crippen LogP contribution in [0.25, 0.3) is 0 Å². The van der Waals surface area contributed by atoms with Gasteiger partial charge in [-0.05, 0) is 37.5 Å². The van der Waals surface area contributed by atoms with E-state index in [0.717, 1.165) is 19.3 Å². The number of rotatable bonds is 7. The lowest BCUT2D eigenvalue weighted by molar-refractivity contribution is 0.0948. The maximum absolute atomic E-state index is 13.8. The van der Waals surface area contributed by atoms with Crippen LogP contribution in [-0.2, 0) is 4.74 Å². The Morgan fingerprint density at radius 3 is 2.86 bits per heavy atom. The zero-order valence-electron chi connectivity index (χ0n) is 12.2. The maximum Gasteiger partial charge on any atom is 0.254 e. The second kappa shape index (κ2) is 9.92. The molecule has 1 aromatic rings. The number of ether oxygens (including phenoxy) is 1. The number of nitrogens with one attached hydrogen (secondary N) is 1. The van der Waals surface area contributed by atoms with Crippen LogP contribution >= 0.6 is 0 Å². The molecule has 114 valence electrons. The fourth-order valence-corrected chi connectivity index (χ4v) is 1.78. The molecule has 0 aliphatic carbocycles. The molecular formula is C16H21FN2O2. The zero-order valence-corrected chi connectivity index (χ0v) is 12.2. The molecule has 5 heteroatoms. The van der Waals surface area contributed by atoms with Crippen molar-refractivity contribution in [3.63, 3.8) is 0 Å². The van der Waals surface area contributed by atoms with Crippen LogP contribution in [0.3, 0.4) is 0 Å². The van der Waals surface area contributed by atoms with Crippen molar-refractivity contribution >= 4 is 5.91 Å². The third kappa shape index (κ3) is 6.39. The number of hydrogen-bond acceptors (Lipinski definition) is 3. The third-order valence-corrected chi connectivity index (χ3v) is 2.86. The van der Waals surface area contributed by atoms with Gasteiger partial charge in [0.1, 0.15) is 5.82 Å². The van der Waals surface area contributed by atoms with E-state index < -0.39 is 11.7 Å². The van der Waals surface area contributed by atoms with Gasteiger partial charge in [0.2, 0.25) is 0 Å². The Bertz CT molecular complexity index is 521. The lowest BCUT2D eigenvalue weighted by Gasteiger charge is -2.06. The number of unbranched alkanes of at least 4 members (excludes halogenated alkanes) is 2. The van der Waals surface area contributed by atoms with Crippen molar-refractivity contribution in [2.75, 3.05) is 26.8 Å². The highest BCUT2D eigenvalue weighted by atomic mass is 19.1. The first-order chi connectivity index (χ1) is 10.2. The number of methoxy groups -OCH3 is 1. The molecule has 0 radical (unpaired) electrons. The summed E-state index contributed by atoms with van der Waals surface area (Å²) in [4.78, 5) is 11.8. The van der Waals surface area contributed by atoms with E-state index in [1.54, 1.807) is 13.2 Å². The van der Waals surface area contributed by atoms with Gasteiger partial charge in [0.15, 0.2) is 0 Å². The van der Waals surface area contributed by atoms with E-state index in [2.05, 4.69) is 17.2 Å². The van der Waals surface area contributed by atoms with Crippen molar-refractivity contribution in [2.45, 2.75) is 19.3 Å². The van der Waals surface area contributed by atoms with Crippen molar-refractivity contribution in [3.8, 4) is 11.8 Å². The molecule has 0 bridgehead atoms. The molecule has 3 N–H and O–H groups in total. The summed E-state index contributed by atoms with van der Waals surface area (Å²) in [6.45, 7) is 1.46. The van der Waals surface area contributed by atoms with Crippen LogP contribution in [0.1, 0.15) is 35.2 Å². The molecule has 0 aromatic heterocycles. The molecule has 0 heterocycles. The Morgan fingerprint density at radius 1 is 1.38 bits per heavy atom. The molecule has 1 amide bonds. The third-order valence-electron chi connectivity index (χ3n) is 2.86. The number of amides is 1. The molecule has 0 saturated carbocycles. The molecule has 0 aliphatic heterocycles. The number of carbonyl (C=O) groups excluding carboxylic acids is 1. The molecule has 0 spiro atoms. The summed E-state index contributed by atoms with van der Waals surface area (Å²) >= 11 is 0. The number of halogens is 1. The predicted molar refractivity (Wildman–Crippen MR) is 80.4 cm³/mol. The highest BCUT2D eigenvalue weighted by Crippen LogP contribution is 2.10. The molecule has 0 aliphatic rings. The van der Waals surface area contributed by atoms with E-state index in [1.165, 1.54) is 12.1 Å². The van der Waals surface area contributed by atoms with Crippen molar-refractivity contribution < 1.29 is 13.9 Å². The van der Waals surface area contributed by atoms with Gasteiger partial charge in [0.05, 0.1) is 12.1 Å². The van der Waals surface area contributed by atoms with Crippen LogP contribution in [0.4, 0.5) is 4.39 Å². The molecule has 4 nitrogen and oxygen atoms in total. The highest BCUT2D eigenvalue weighted by molar-refractivity contribution is 5.94. The van der Waals surface area contributed by atoms with Gasteiger partial charge in [-0.15, -0.1) is 0 Å². The largest absolute Gasteiger partial charge is 0.385 e. The monoisotopic (exact) mass is 292 g/mol. The van der Waals surface area contributed by atoms with Crippen molar-refractivity contribution in [3.05, 3.63) is 35.1 Å². The van der Waals surface area contributed by atoms with Gasteiger partial charge >= 0.3 is 0 Å². The SMILES string of the molecule is COCCCCCNC(=O)c1ccc(C#CCN)cc1F. The van der Waals surface area contributed by atoms with Crippen LogP contribution < -0.4 is 11.1 Å². The van der Waals surface area contributed by atoms with Crippen molar-refractivity contribution in [2.24, 2.45) is 5.73 Å². The van der Waals surface area contributed by atoms with Gasteiger partial charge in [-0.1, -0.05) is 11.8 Å². The fraction of sp³-hybridized carbons (Fsp3) is 0.438. The minimum Gasteiger partial charge on any atom is -0.385 e. The average molecular weight is 292 g/mol. The van der Waals surface area contributed by atoms with Crippen LogP contribution in [0.2, 0.25) is 0 Å². The molecule has 0 saturated heterocycles. The molecule has 0 fully saturated rings. The Balaban J connectivity index is 2.47. The summed E-state index contributed by atoms with van der Waals surface area (Å²) in [7, 11) is 1.66. The summed E-state index contributed by atoms with van der Waals surface area (Å²) < 4.78 is 18.8. The lowest BCUT2D eigenvalue weighted by Crippen LogP contribution is -2.25. The van der Waals surface area contributed by atoms with E-state index in [1.807, 2.05) is 0 Å². The lowest BCUT2D eigenvalue weighted by atomic mass is 10.1. The Morgan fingerprint density at radius 2 is 2.19 bits per heavy atom. The van der Waals surface area contributed by atoms with Gasteiger partial charge in [-0.25, -0.2) is 4.39 Å². The normalized spacial score (nSPS) is 9.86. The fourth-order valence-electron chi connectivity index (χ4n) is 1.78. The van der Waals surface area contributed by atoms with Crippen molar-refractivity contribution in [1.29, 1.82) is 0 Å². The van der Waals surface area contributed by atoms with Gasteiger partial charge in [0, 0.05) is 25.8 Å².